The molecule has 0 bridgehead atoms. The van der Waals surface area contributed by atoms with E-state index < -0.39 is 29.6 Å². The van der Waals surface area contributed by atoms with Crippen molar-refractivity contribution in [3.8, 4) is 0 Å². The summed E-state index contributed by atoms with van der Waals surface area (Å²) in [7, 11) is 0. The maximum Gasteiger partial charge on any atom is 0.326 e. The summed E-state index contributed by atoms with van der Waals surface area (Å²) < 4.78 is 0. The molecule has 1 atom stereocenters. The van der Waals surface area contributed by atoms with Gasteiger partial charge in [0.25, 0.3) is 17.6 Å². The van der Waals surface area contributed by atoms with Crippen LogP contribution >= 0.6 is 12.4 Å². The van der Waals surface area contributed by atoms with Crippen molar-refractivity contribution >= 4 is 58.4 Å². The van der Waals surface area contributed by atoms with Crippen LogP contribution in [0, 0.1) is 6.92 Å². The Bertz CT molecular complexity index is 1370. The highest BCUT2D eigenvalue weighted by Gasteiger charge is 2.26. The number of hydrogen-bond acceptors (Lipinski definition) is 5. The van der Waals surface area contributed by atoms with Gasteiger partial charge >= 0.3 is 5.97 Å². The van der Waals surface area contributed by atoms with Crippen LogP contribution in [0.1, 0.15) is 45.5 Å². The van der Waals surface area contributed by atoms with E-state index in [9.17, 15) is 24.3 Å². The number of benzene rings is 3. The van der Waals surface area contributed by atoms with Crippen LogP contribution in [0.3, 0.4) is 0 Å². The number of hydrogen-bond donors (Lipinski definition) is 5. The van der Waals surface area contributed by atoms with Crippen LogP contribution in [0.5, 0.6) is 0 Å². The summed E-state index contributed by atoms with van der Waals surface area (Å²) in [6.45, 7) is 2.06. The number of halogens is 1. The molecule has 3 aromatic rings. The number of aliphatic imine (C=N–C) groups is 1. The molecule has 0 aliphatic carbocycles. The summed E-state index contributed by atoms with van der Waals surface area (Å²) in [4.78, 5) is 54.1. The maximum absolute atomic E-state index is 13.0. The van der Waals surface area contributed by atoms with Crippen molar-refractivity contribution in [1.29, 1.82) is 0 Å². The number of carboxylic acids is 1. The molecule has 38 heavy (non-hydrogen) atoms. The van der Waals surface area contributed by atoms with Crippen LogP contribution in [0.25, 0.3) is 10.8 Å². The van der Waals surface area contributed by atoms with Crippen molar-refractivity contribution in [2.24, 2.45) is 16.5 Å². The van der Waals surface area contributed by atoms with Crippen molar-refractivity contribution in [3.05, 3.63) is 77.4 Å². The van der Waals surface area contributed by atoms with Crippen molar-refractivity contribution in [2.45, 2.75) is 32.2 Å². The highest BCUT2D eigenvalue weighted by molar-refractivity contribution is 6.44. The number of Topliss-reactive ketones (excluding diaryl/α,β-unsaturated/α-hetero) is 1. The average molecular weight is 540 g/mol. The van der Waals surface area contributed by atoms with Crippen LogP contribution in [0.4, 0.5) is 5.69 Å². The molecule has 3 rings (SSSR count). The lowest BCUT2D eigenvalue weighted by Crippen LogP contribution is -2.44. The predicted octanol–water partition coefficient (Wildman–Crippen LogP) is 3.02. The average Bonchev–Trinajstić information content (AvgIpc) is 2.87. The molecule has 0 spiro atoms. The zero-order valence-corrected chi connectivity index (χ0v) is 21.6. The number of carboxylic acid groups (broad SMARTS) is 1. The lowest BCUT2D eigenvalue weighted by molar-refractivity contribution is -0.141. The normalized spacial score (nSPS) is 11.1. The van der Waals surface area contributed by atoms with Gasteiger partial charge in [-0.1, -0.05) is 42.0 Å². The number of nitrogens with zero attached hydrogens (tertiary/aromatic N) is 1. The topological polar surface area (TPSA) is 177 Å². The predicted molar refractivity (Wildman–Crippen MR) is 149 cm³/mol. The SMILES string of the molecule is Cc1ccc(NC(=O)c2ccc3ccccc3c2)c(C(=O)C(=O)N[C@@H](CCCCN=C(N)N)C(=O)O)c1.Cl. The van der Waals surface area contributed by atoms with Gasteiger partial charge in [-0.25, -0.2) is 4.79 Å². The third kappa shape index (κ3) is 8.04. The van der Waals surface area contributed by atoms with Crippen LogP contribution in [0.15, 0.2) is 65.7 Å². The van der Waals surface area contributed by atoms with E-state index in [1.807, 2.05) is 30.3 Å². The number of amides is 2. The Balaban J connectivity index is 0.00000507. The Morgan fingerprint density at radius 2 is 1.66 bits per heavy atom. The molecule has 0 unspecified atom stereocenters. The first-order chi connectivity index (χ1) is 17.7. The second-order valence-corrected chi connectivity index (χ2v) is 8.56. The number of anilines is 1. The molecule has 2 amide bonds. The summed E-state index contributed by atoms with van der Waals surface area (Å²) in [6, 6.07) is 16.3. The minimum Gasteiger partial charge on any atom is -0.480 e. The largest absolute Gasteiger partial charge is 0.480 e. The van der Waals surface area contributed by atoms with Crippen molar-refractivity contribution in [2.75, 3.05) is 11.9 Å². The Labute approximate surface area is 225 Å². The first-order valence-electron chi connectivity index (χ1n) is 11.7. The van der Waals surface area contributed by atoms with E-state index in [2.05, 4.69) is 15.6 Å². The van der Waals surface area contributed by atoms with E-state index in [0.29, 0.717) is 30.5 Å². The fourth-order valence-electron chi connectivity index (χ4n) is 3.75. The van der Waals surface area contributed by atoms with Gasteiger partial charge in [0, 0.05) is 12.1 Å². The number of unbranched alkanes of at least 4 members (excludes halogenated alkanes) is 1. The summed E-state index contributed by atoms with van der Waals surface area (Å²) >= 11 is 0. The molecule has 200 valence electrons. The quantitative estimate of drug-likeness (QED) is 0.0817. The molecule has 0 aliphatic heterocycles. The van der Waals surface area contributed by atoms with Gasteiger partial charge in [-0.3, -0.25) is 19.4 Å². The number of ketones is 1. The molecular weight excluding hydrogens is 510 g/mol. The molecule has 10 nitrogen and oxygen atoms in total. The smallest absolute Gasteiger partial charge is 0.326 e. The molecule has 0 saturated heterocycles. The summed E-state index contributed by atoms with van der Waals surface area (Å²) in [5, 5.41) is 16.3. The second-order valence-electron chi connectivity index (χ2n) is 8.56. The van der Waals surface area contributed by atoms with Crippen LogP contribution in [-0.4, -0.2) is 47.2 Å². The lowest BCUT2D eigenvalue weighted by atomic mass is 10.0. The van der Waals surface area contributed by atoms with E-state index in [4.69, 9.17) is 11.5 Å². The Hall–Kier alpha value is -4.44. The summed E-state index contributed by atoms with van der Waals surface area (Å²) in [6.07, 6.45) is 1.02. The molecule has 3 aromatic carbocycles. The molecule has 11 heteroatoms. The first kappa shape index (κ1) is 29.8. The number of nitrogens with two attached hydrogens (primary N) is 2. The van der Waals surface area contributed by atoms with Crippen molar-refractivity contribution in [3.63, 3.8) is 0 Å². The Morgan fingerprint density at radius 1 is 0.947 bits per heavy atom. The van der Waals surface area contributed by atoms with Gasteiger partial charge in [0.2, 0.25) is 0 Å². The molecule has 0 fully saturated rings. The van der Waals surface area contributed by atoms with Crippen LogP contribution < -0.4 is 22.1 Å². The van der Waals surface area contributed by atoms with E-state index in [-0.39, 0.29) is 36.0 Å². The third-order valence-corrected chi connectivity index (χ3v) is 5.68. The molecule has 0 aromatic heterocycles. The summed E-state index contributed by atoms with van der Waals surface area (Å²) in [5.41, 5.74) is 11.7. The van der Waals surface area contributed by atoms with Crippen LogP contribution in [0.2, 0.25) is 0 Å². The highest BCUT2D eigenvalue weighted by atomic mass is 35.5. The van der Waals surface area contributed by atoms with Gasteiger partial charge in [-0.05, 0) is 61.2 Å². The maximum atomic E-state index is 13.0. The molecule has 7 N–H and O–H groups in total. The molecule has 0 saturated carbocycles. The van der Waals surface area contributed by atoms with Gasteiger partial charge in [-0.15, -0.1) is 12.4 Å². The van der Waals surface area contributed by atoms with Gasteiger partial charge in [0.15, 0.2) is 5.96 Å². The monoisotopic (exact) mass is 539 g/mol. The van der Waals surface area contributed by atoms with Crippen LogP contribution in [-0.2, 0) is 9.59 Å². The number of carbonyl (C=O) groups excluding carboxylic acids is 3. The summed E-state index contributed by atoms with van der Waals surface area (Å²) in [5.74, 6) is -3.81. The number of carbonyl (C=O) groups is 4. The number of nitrogens with one attached hydrogen (secondary N) is 2. The zero-order valence-electron chi connectivity index (χ0n) is 20.8. The van der Waals surface area contributed by atoms with Gasteiger partial charge in [0.1, 0.15) is 6.04 Å². The van der Waals surface area contributed by atoms with Gasteiger partial charge in [0.05, 0.1) is 11.3 Å². The number of rotatable bonds is 11. The molecular formula is C27H30ClN5O5. The number of aliphatic carboxylic acids is 1. The molecule has 0 aliphatic rings. The fraction of sp³-hybridized carbons (Fsp3) is 0.222. The van der Waals surface area contributed by atoms with Crippen molar-refractivity contribution < 1.29 is 24.3 Å². The van der Waals surface area contributed by atoms with E-state index in [1.165, 1.54) is 12.1 Å². The van der Waals surface area contributed by atoms with Crippen molar-refractivity contribution in [1.82, 2.24) is 5.32 Å². The Kier molecular flexibility index (Phi) is 10.8. The highest BCUT2D eigenvalue weighted by Crippen LogP contribution is 2.21. The third-order valence-electron chi connectivity index (χ3n) is 5.68. The first-order valence-corrected chi connectivity index (χ1v) is 11.7. The zero-order chi connectivity index (χ0) is 26.9. The fourth-order valence-corrected chi connectivity index (χ4v) is 3.75. The second kappa shape index (κ2) is 13.8. The van der Waals surface area contributed by atoms with E-state index >= 15 is 0 Å². The standard InChI is InChI=1S/C27H29N5O5.ClH/c1-16-9-12-21(31-24(34)19-11-10-17-6-2-3-7-18(17)15-19)20(14-16)23(33)25(35)32-22(26(36)37)8-4-5-13-30-27(28)29;/h2-3,6-7,9-12,14-15,22H,4-5,8,13H2,1H3,(H,31,34)(H,32,35)(H,36,37)(H4,28,29,30);1H/t22-;/m0./s1. The van der Waals surface area contributed by atoms with Gasteiger partial charge in [-0.2, -0.15) is 0 Å². The molecule has 0 heterocycles. The molecule has 0 radical (unpaired) electrons. The number of guanidine groups is 1. The number of fused-ring (bicyclic) bond motifs is 1. The minimum atomic E-state index is -1.27. The number of aryl methyl sites for hydroxylation is 1. The Morgan fingerprint density at radius 3 is 2.34 bits per heavy atom. The van der Waals surface area contributed by atoms with E-state index in [0.717, 1.165) is 10.8 Å². The van der Waals surface area contributed by atoms with E-state index in [1.54, 1.807) is 25.1 Å². The minimum absolute atomic E-state index is 0. The lowest BCUT2D eigenvalue weighted by Gasteiger charge is -2.15. The van der Waals surface area contributed by atoms with Gasteiger partial charge < -0.3 is 27.2 Å².